The van der Waals surface area contributed by atoms with Gasteiger partial charge in [-0.3, -0.25) is 4.98 Å². The second-order valence-electron chi connectivity index (χ2n) is 8.22. The van der Waals surface area contributed by atoms with Crippen molar-refractivity contribution in [1.82, 2.24) is 15.0 Å². The Kier molecular flexibility index (Phi) is 6.65. The number of hydrogen-bond donors (Lipinski definition) is 3. The molecule has 0 spiro atoms. The molecule has 3 aromatic heterocycles. The molecule has 0 saturated carbocycles. The van der Waals surface area contributed by atoms with Gasteiger partial charge in [-0.2, -0.15) is 0 Å². The number of anilines is 1. The van der Waals surface area contributed by atoms with Gasteiger partial charge in [-0.25, -0.2) is 14.4 Å². The van der Waals surface area contributed by atoms with Crippen LogP contribution >= 0.6 is 11.3 Å². The van der Waals surface area contributed by atoms with E-state index in [0.29, 0.717) is 29.9 Å². The molecule has 0 unspecified atom stereocenters. The Hall–Kier alpha value is -3.38. The number of aliphatic hydroxyl groups is 1. The molecule has 0 aliphatic heterocycles. The van der Waals surface area contributed by atoms with Gasteiger partial charge in [0.05, 0.1) is 22.0 Å². The Morgan fingerprint density at radius 1 is 1.21 bits per heavy atom. The average Bonchev–Trinajstić information content (AvgIpc) is 3.20. The molecule has 4 aromatic rings. The van der Waals surface area contributed by atoms with Crippen molar-refractivity contribution in [3.8, 4) is 23.2 Å². The van der Waals surface area contributed by atoms with Crippen molar-refractivity contribution in [2.45, 2.75) is 31.9 Å². The predicted molar refractivity (Wildman–Crippen MR) is 130 cm³/mol. The maximum absolute atomic E-state index is 14.5. The quantitative estimate of drug-likeness (QED) is 0.376. The summed E-state index contributed by atoms with van der Waals surface area (Å²) in [6, 6.07) is 11.4. The van der Waals surface area contributed by atoms with Gasteiger partial charge in [-0.05, 0) is 31.9 Å². The minimum atomic E-state index is -1.15. The molecule has 4 N–H and O–H groups in total. The lowest BCUT2D eigenvalue weighted by Crippen LogP contribution is -2.31. The van der Waals surface area contributed by atoms with E-state index in [1.165, 1.54) is 23.6 Å². The zero-order chi connectivity index (χ0) is 23.4. The molecule has 0 radical (unpaired) electrons. The van der Waals surface area contributed by atoms with E-state index >= 15 is 0 Å². The van der Waals surface area contributed by atoms with Crippen LogP contribution in [0.5, 0.6) is 0 Å². The Morgan fingerprint density at radius 3 is 2.73 bits per heavy atom. The molecule has 0 saturated heterocycles. The van der Waals surface area contributed by atoms with Crippen LogP contribution in [-0.4, -0.2) is 38.2 Å². The number of thiophene rings is 1. The van der Waals surface area contributed by atoms with E-state index in [9.17, 15) is 9.50 Å². The molecular formula is C25H24FN5OS. The molecule has 0 amide bonds. The van der Waals surface area contributed by atoms with Crippen LogP contribution in [0, 0.1) is 17.7 Å². The standard InChI is InChI=1S/C25H24FN5OS/c1-25(2,32)10-8-17-15-33-22-21(17)30-23(19-9-11-28-14-20(19)26)31-24(22)29-13-18(27)12-16-6-4-3-5-7-16/h3-7,9,11,14-15,18,32H,12-13,27H2,1-2H3,(H,29,30,31)/t18-/m1/s1. The van der Waals surface area contributed by atoms with E-state index in [1.54, 1.807) is 13.8 Å². The number of fused-ring (bicyclic) bond motifs is 1. The third kappa shape index (κ3) is 5.71. The summed E-state index contributed by atoms with van der Waals surface area (Å²) < 4.78 is 15.2. The van der Waals surface area contributed by atoms with Crippen molar-refractivity contribution in [1.29, 1.82) is 0 Å². The Bertz CT molecular complexity index is 1320. The van der Waals surface area contributed by atoms with E-state index in [1.807, 2.05) is 35.7 Å². The molecule has 8 heteroatoms. The van der Waals surface area contributed by atoms with Crippen LogP contribution in [0.25, 0.3) is 21.6 Å². The number of benzene rings is 1. The molecule has 0 aliphatic rings. The first-order chi connectivity index (χ1) is 15.8. The number of rotatable bonds is 6. The molecule has 0 bridgehead atoms. The number of nitrogens with two attached hydrogens (primary N) is 1. The highest BCUT2D eigenvalue weighted by Crippen LogP contribution is 2.32. The normalized spacial score (nSPS) is 12.3. The van der Waals surface area contributed by atoms with Gasteiger partial charge < -0.3 is 16.2 Å². The van der Waals surface area contributed by atoms with Crippen molar-refractivity contribution >= 4 is 27.4 Å². The lowest BCUT2D eigenvalue weighted by molar-refractivity contribution is 0.143. The third-order valence-electron chi connectivity index (χ3n) is 4.80. The smallest absolute Gasteiger partial charge is 0.165 e. The van der Waals surface area contributed by atoms with Crippen molar-refractivity contribution < 1.29 is 9.50 Å². The number of pyridine rings is 1. The van der Waals surface area contributed by atoms with Crippen LogP contribution in [0.1, 0.15) is 25.0 Å². The van der Waals surface area contributed by atoms with Gasteiger partial charge in [0.2, 0.25) is 0 Å². The molecule has 0 aliphatic carbocycles. The summed E-state index contributed by atoms with van der Waals surface area (Å²) in [7, 11) is 0. The lowest BCUT2D eigenvalue weighted by Gasteiger charge is -2.14. The Balaban J connectivity index is 1.70. The number of halogens is 1. The van der Waals surface area contributed by atoms with Gasteiger partial charge in [0.1, 0.15) is 16.9 Å². The highest BCUT2D eigenvalue weighted by Gasteiger charge is 2.17. The number of aromatic nitrogens is 3. The van der Waals surface area contributed by atoms with Crippen LogP contribution in [0.2, 0.25) is 0 Å². The summed E-state index contributed by atoms with van der Waals surface area (Å²) in [4.78, 5) is 13.0. The molecule has 0 fully saturated rings. The van der Waals surface area contributed by atoms with Crippen LogP contribution in [0.4, 0.5) is 10.2 Å². The van der Waals surface area contributed by atoms with Gasteiger partial charge in [0.25, 0.3) is 0 Å². The molecule has 6 nitrogen and oxygen atoms in total. The van der Waals surface area contributed by atoms with Gasteiger partial charge in [0, 0.05) is 24.2 Å². The summed E-state index contributed by atoms with van der Waals surface area (Å²) in [6.45, 7) is 3.70. The molecule has 1 atom stereocenters. The zero-order valence-electron chi connectivity index (χ0n) is 18.3. The van der Waals surface area contributed by atoms with E-state index < -0.39 is 11.4 Å². The first-order valence-electron chi connectivity index (χ1n) is 10.5. The fourth-order valence-electron chi connectivity index (χ4n) is 3.24. The molecular weight excluding hydrogens is 437 g/mol. The van der Waals surface area contributed by atoms with Crippen molar-refractivity contribution in [3.63, 3.8) is 0 Å². The summed E-state index contributed by atoms with van der Waals surface area (Å²) >= 11 is 1.44. The monoisotopic (exact) mass is 461 g/mol. The highest BCUT2D eigenvalue weighted by atomic mass is 32.1. The third-order valence-corrected chi connectivity index (χ3v) is 5.78. The van der Waals surface area contributed by atoms with Crippen LogP contribution in [0.3, 0.4) is 0 Å². The minimum Gasteiger partial charge on any atom is -0.378 e. The first-order valence-corrected chi connectivity index (χ1v) is 11.4. The van der Waals surface area contributed by atoms with Crippen molar-refractivity contribution in [2.24, 2.45) is 5.73 Å². The van der Waals surface area contributed by atoms with Gasteiger partial charge in [-0.1, -0.05) is 42.2 Å². The van der Waals surface area contributed by atoms with E-state index in [-0.39, 0.29) is 17.4 Å². The summed E-state index contributed by atoms with van der Waals surface area (Å²) in [5, 5.41) is 15.2. The SMILES string of the molecule is CC(C)(O)C#Cc1csc2c(NC[C@H](N)Cc3ccccc3)nc(-c3ccncc3F)nc12. The fraction of sp³-hybridized carbons (Fsp3) is 0.240. The fourth-order valence-corrected chi connectivity index (χ4v) is 4.14. The zero-order valence-corrected chi connectivity index (χ0v) is 19.2. The topological polar surface area (TPSA) is 97.0 Å². The Morgan fingerprint density at radius 2 is 2.00 bits per heavy atom. The number of nitrogens with zero attached hydrogens (tertiary/aromatic N) is 3. The van der Waals surface area contributed by atoms with Crippen LogP contribution in [-0.2, 0) is 6.42 Å². The number of nitrogens with one attached hydrogen (secondary N) is 1. The lowest BCUT2D eigenvalue weighted by atomic mass is 10.1. The van der Waals surface area contributed by atoms with Crippen LogP contribution < -0.4 is 11.1 Å². The molecule has 3 heterocycles. The minimum absolute atomic E-state index is 0.145. The second-order valence-corrected chi connectivity index (χ2v) is 9.10. The van der Waals surface area contributed by atoms with E-state index in [4.69, 9.17) is 5.73 Å². The van der Waals surface area contributed by atoms with Gasteiger partial charge >= 0.3 is 0 Å². The van der Waals surface area contributed by atoms with Gasteiger partial charge in [0.15, 0.2) is 11.6 Å². The Labute approximate surface area is 195 Å². The second kappa shape index (κ2) is 9.63. The first kappa shape index (κ1) is 22.8. The summed E-state index contributed by atoms with van der Waals surface area (Å²) in [5.41, 5.74) is 7.84. The maximum Gasteiger partial charge on any atom is 0.165 e. The largest absolute Gasteiger partial charge is 0.378 e. The van der Waals surface area contributed by atoms with Crippen LogP contribution in [0.15, 0.2) is 54.2 Å². The van der Waals surface area contributed by atoms with Crippen molar-refractivity contribution in [2.75, 3.05) is 11.9 Å². The maximum atomic E-state index is 14.5. The average molecular weight is 462 g/mol. The summed E-state index contributed by atoms with van der Waals surface area (Å²) in [5.74, 6) is 6.08. The predicted octanol–water partition coefficient (Wildman–Crippen LogP) is 4.00. The molecule has 1 aromatic carbocycles. The molecule has 33 heavy (non-hydrogen) atoms. The van der Waals surface area contributed by atoms with Crippen molar-refractivity contribution in [3.05, 3.63) is 71.1 Å². The summed E-state index contributed by atoms with van der Waals surface area (Å²) in [6.07, 6.45) is 3.34. The highest BCUT2D eigenvalue weighted by molar-refractivity contribution is 7.18. The van der Waals surface area contributed by atoms with E-state index in [0.717, 1.165) is 16.5 Å². The van der Waals surface area contributed by atoms with E-state index in [2.05, 4.69) is 32.1 Å². The van der Waals surface area contributed by atoms with Gasteiger partial charge in [-0.15, -0.1) is 11.3 Å². The molecule has 4 rings (SSSR count). The number of hydrogen-bond acceptors (Lipinski definition) is 7. The molecule has 168 valence electrons.